The molecule has 1 atom stereocenters. The molecule has 3 aromatic rings. The first kappa shape index (κ1) is 22.3. The van der Waals surface area contributed by atoms with Crippen molar-refractivity contribution in [3.8, 4) is 17.5 Å². The standard InChI is InChI=1S/C21H16Cl2N4O4/c1-12(21(29)25-16-7-4-14(11-24)17(23)10-16)30-19(28)9-8-18-26-20(27-31-18)13-2-5-15(22)6-3-13/h2-7,10,12H,8-9H2,1H3,(H,25,29). The van der Waals surface area contributed by atoms with E-state index in [1.54, 1.807) is 24.3 Å². The van der Waals surface area contributed by atoms with Crippen LogP contribution in [0.5, 0.6) is 0 Å². The van der Waals surface area contributed by atoms with Gasteiger partial charge in [-0.2, -0.15) is 10.2 Å². The summed E-state index contributed by atoms with van der Waals surface area (Å²) in [6.07, 6.45) is -0.907. The van der Waals surface area contributed by atoms with Crippen LogP contribution in [0.15, 0.2) is 47.0 Å². The molecular weight excluding hydrogens is 443 g/mol. The van der Waals surface area contributed by atoms with E-state index < -0.39 is 18.0 Å². The van der Waals surface area contributed by atoms with Gasteiger partial charge in [0.15, 0.2) is 6.10 Å². The monoisotopic (exact) mass is 458 g/mol. The fourth-order valence-electron chi connectivity index (χ4n) is 2.52. The minimum atomic E-state index is -1.03. The highest BCUT2D eigenvalue weighted by Crippen LogP contribution is 2.21. The minimum Gasteiger partial charge on any atom is -0.453 e. The molecule has 0 radical (unpaired) electrons. The van der Waals surface area contributed by atoms with Gasteiger partial charge in [0, 0.05) is 22.7 Å². The fourth-order valence-corrected chi connectivity index (χ4v) is 2.87. The number of nitrogens with zero attached hydrogens (tertiary/aromatic N) is 3. The number of carbonyl (C=O) groups is 2. The van der Waals surface area contributed by atoms with Crippen LogP contribution in [0, 0.1) is 11.3 Å². The van der Waals surface area contributed by atoms with E-state index in [4.69, 9.17) is 37.7 Å². The molecule has 0 fully saturated rings. The molecule has 2 aromatic carbocycles. The van der Waals surface area contributed by atoms with Crippen LogP contribution in [-0.2, 0) is 20.7 Å². The lowest BCUT2D eigenvalue weighted by molar-refractivity contribution is -0.153. The number of carbonyl (C=O) groups excluding carboxylic acids is 2. The van der Waals surface area contributed by atoms with Gasteiger partial charge in [0.1, 0.15) is 6.07 Å². The van der Waals surface area contributed by atoms with E-state index in [0.717, 1.165) is 5.56 Å². The van der Waals surface area contributed by atoms with E-state index in [-0.39, 0.29) is 23.8 Å². The number of anilines is 1. The predicted molar refractivity (Wildman–Crippen MR) is 113 cm³/mol. The average molecular weight is 459 g/mol. The molecule has 0 aliphatic carbocycles. The summed E-state index contributed by atoms with van der Waals surface area (Å²) in [6, 6.07) is 13.3. The van der Waals surface area contributed by atoms with Gasteiger partial charge in [-0.15, -0.1) is 0 Å². The Kier molecular flexibility index (Phi) is 7.23. The second kappa shape index (κ2) is 10.1. The summed E-state index contributed by atoms with van der Waals surface area (Å²) in [7, 11) is 0. The molecule has 10 heteroatoms. The molecule has 0 saturated carbocycles. The van der Waals surface area contributed by atoms with Gasteiger partial charge in [-0.1, -0.05) is 28.4 Å². The number of rotatable bonds is 7. The van der Waals surface area contributed by atoms with Gasteiger partial charge in [0.25, 0.3) is 5.91 Å². The predicted octanol–water partition coefficient (Wildman–Crippen LogP) is 4.42. The molecule has 0 aliphatic rings. The molecule has 0 bridgehead atoms. The Morgan fingerprint density at radius 2 is 1.97 bits per heavy atom. The second-order valence-corrected chi connectivity index (χ2v) is 7.29. The molecule has 1 aromatic heterocycles. The van der Waals surface area contributed by atoms with Gasteiger partial charge in [-0.3, -0.25) is 9.59 Å². The Labute approximate surface area is 187 Å². The number of ether oxygens (including phenoxy) is 1. The zero-order valence-corrected chi connectivity index (χ0v) is 17.8. The van der Waals surface area contributed by atoms with Crippen LogP contribution in [0.1, 0.15) is 24.8 Å². The molecule has 1 N–H and O–H groups in total. The third-order valence-electron chi connectivity index (χ3n) is 4.15. The minimum absolute atomic E-state index is 0.0391. The third kappa shape index (κ3) is 6.04. The summed E-state index contributed by atoms with van der Waals surface area (Å²) < 4.78 is 10.3. The lowest BCUT2D eigenvalue weighted by Gasteiger charge is -2.13. The first-order chi connectivity index (χ1) is 14.9. The summed E-state index contributed by atoms with van der Waals surface area (Å²) >= 11 is 11.8. The van der Waals surface area contributed by atoms with Gasteiger partial charge >= 0.3 is 5.97 Å². The summed E-state index contributed by atoms with van der Waals surface area (Å²) in [5, 5.41) is 16.1. The number of aryl methyl sites for hydroxylation is 1. The van der Waals surface area contributed by atoms with E-state index >= 15 is 0 Å². The van der Waals surface area contributed by atoms with Crippen LogP contribution in [-0.4, -0.2) is 28.1 Å². The molecule has 158 valence electrons. The van der Waals surface area contributed by atoms with Gasteiger partial charge in [0.2, 0.25) is 11.7 Å². The Morgan fingerprint density at radius 3 is 2.65 bits per heavy atom. The van der Waals surface area contributed by atoms with E-state index in [2.05, 4.69) is 15.5 Å². The van der Waals surface area contributed by atoms with Crippen LogP contribution >= 0.6 is 23.2 Å². The van der Waals surface area contributed by atoms with Crippen LogP contribution in [0.4, 0.5) is 5.69 Å². The number of esters is 1. The van der Waals surface area contributed by atoms with Gasteiger partial charge < -0.3 is 14.6 Å². The average Bonchev–Trinajstić information content (AvgIpc) is 3.22. The van der Waals surface area contributed by atoms with Crippen molar-refractivity contribution < 1.29 is 18.8 Å². The highest BCUT2D eigenvalue weighted by molar-refractivity contribution is 6.32. The number of hydrogen-bond acceptors (Lipinski definition) is 7. The number of nitriles is 1. The second-order valence-electron chi connectivity index (χ2n) is 6.45. The highest BCUT2D eigenvalue weighted by Gasteiger charge is 2.19. The number of halogens is 2. The first-order valence-corrected chi connectivity index (χ1v) is 9.90. The number of benzene rings is 2. The maximum atomic E-state index is 12.2. The Bertz CT molecular complexity index is 1140. The topological polar surface area (TPSA) is 118 Å². The summed E-state index contributed by atoms with van der Waals surface area (Å²) in [6.45, 7) is 1.45. The van der Waals surface area contributed by atoms with Crippen molar-refractivity contribution in [2.24, 2.45) is 0 Å². The van der Waals surface area contributed by atoms with E-state index in [1.165, 1.54) is 25.1 Å². The Hall–Kier alpha value is -3.41. The van der Waals surface area contributed by atoms with Crippen LogP contribution in [0.2, 0.25) is 10.0 Å². The van der Waals surface area contributed by atoms with Crippen molar-refractivity contribution >= 4 is 40.8 Å². The largest absolute Gasteiger partial charge is 0.453 e. The van der Waals surface area contributed by atoms with Crippen LogP contribution in [0.3, 0.4) is 0 Å². The number of amides is 1. The molecule has 1 amide bonds. The highest BCUT2D eigenvalue weighted by atomic mass is 35.5. The van der Waals surface area contributed by atoms with Crippen molar-refractivity contribution in [2.75, 3.05) is 5.32 Å². The molecular formula is C21H16Cl2N4O4. The SMILES string of the molecule is CC(OC(=O)CCc1nc(-c2ccc(Cl)cc2)no1)C(=O)Nc1ccc(C#N)c(Cl)c1. The molecule has 31 heavy (non-hydrogen) atoms. The lowest BCUT2D eigenvalue weighted by atomic mass is 10.2. The Morgan fingerprint density at radius 1 is 1.23 bits per heavy atom. The number of nitrogens with one attached hydrogen (secondary N) is 1. The van der Waals surface area contributed by atoms with Crippen LogP contribution < -0.4 is 5.32 Å². The van der Waals surface area contributed by atoms with Gasteiger partial charge in [-0.05, 0) is 49.4 Å². The van der Waals surface area contributed by atoms with Gasteiger partial charge in [0.05, 0.1) is 17.0 Å². The van der Waals surface area contributed by atoms with Crippen molar-refractivity contribution in [2.45, 2.75) is 25.9 Å². The molecule has 0 saturated heterocycles. The summed E-state index contributed by atoms with van der Waals surface area (Å²) in [5.41, 5.74) is 1.41. The maximum absolute atomic E-state index is 12.2. The number of aromatic nitrogens is 2. The van der Waals surface area contributed by atoms with E-state index in [9.17, 15) is 9.59 Å². The first-order valence-electron chi connectivity index (χ1n) is 9.14. The van der Waals surface area contributed by atoms with Crippen LogP contribution in [0.25, 0.3) is 11.4 Å². The van der Waals surface area contributed by atoms with Crippen molar-refractivity contribution in [1.82, 2.24) is 10.1 Å². The zero-order chi connectivity index (χ0) is 22.4. The summed E-state index contributed by atoms with van der Waals surface area (Å²) in [4.78, 5) is 28.5. The summed E-state index contributed by atoms with van der Waals surface area (Å²) in [5.74, 6) is -0.469. The van der Waals surface area contributed by atoms with Gasteiger partial charge in [-0.25, -0.2) is 0 Å². The lowest BCUT2D eigenvalue weighted by Crippen LogP contribution is -2.30. The van der Waals surface area contributed by atoms with Crippen molar-refractivity contribution in [3.05, 3.63) is 64.0 Å². The van der Waals surface area contributed by atoms with E-state index in [1.807, 2.05) is 6.07 Å². The molecule has 8 nitrogen and oxygen atoms in total. The molecule has 0 spiro atoms. The smallest absolute Gasteiger partial charge is 0.307 e. The maximum Gasteiger partial charge on any atom is 0.307 e. The Balaban J connectivity index is 1.49. The number of hydrogen-bond donors (Lipinski definition) is 1. The quantitative estimate of drug-likeness (QED) is 0.520. The van der Waals surface area contributed by atoms with E-state index in [0.29, 0.717) is 22.1 Å². The molecule has 1 unspecified atom stereocenters. The molecule has 0 aliphatic heterocycles. The van der Waals surface area contributed by atoms with Crippen molar-refractivity contribution in [3.63, 3.8) is 0 Å². The fraction of sp³-hybridized carbons (Fsp3) is 0.190. The normalized spacial score (nSPS) is 11.4. The van der Waals surface area contributed by atoms with Crippen molar-refractivity contribution in [1.29, 1.82) is 5.26 Å². The zero-order valence-electron chi connectivity index (χ0n) is 16.3. The molecule has 3 rings (SSSR count). The molecule has 1 heterocycles. The third-order valence-corrected chi connectivity index (χ3v) is 4.71.